The van der Waals surface area contributed by atoms with Gasteiger partial charge in [-0.15, -0.1) is 0 Å². The summed E-state index contributed by atoms with van der Waals surface area (Å²) in [4.78, 5) is 0.733. The summed E-state index contributed by atoms with van der Waals surface area (Å²) >= 11 is 3.80. The van der Waals surface area contributed by atoms with Gasteiger partial charge in [0.25, 0.3) is 0 Å². The van der Waals surface area contributed by atoms with E-state index in [1.54, 1.807) is 0 Å². The Morgan fingerprint density at radius 2 is 1.72 bits per heavy atom. The molecule has 0 saturated heterocycles. The van der Waals surface area contributed by atoms with Crippen molar-refractivity contribution in [2.45, 2.75) is 57.2 Å². The van der Waals surface area contributed by atoms with E-state index in [9.17, 15) is 0 Å². The van der Waals surface area contributed by atoms with Gasteiger partial charge in [-0.25, -0.2) is 0 Å². The summed E-state index contributed by atoms with van der Waals surface area (Å²) in [5.74, 6) is 1.67. The molecule has 100 valence electrons. The van der Waals surface area contributed by atoms with E-state index in [4.69, 9.17) is 0 Å². The molecule has 1 aromatic carbocycles. The highest BCUT2D eigenvalue weighted by atomic mass is 79.9. The molecule has 0 radical (unpaired) electrons. The Bertz CT molecular complexity index is 385. The van der Waals surface area contributed by atoms with Crippen LogP contribution >= 0.6 is 15.9 Å². The average Bonchev–Trinajstić information content (AvgIpc) is 2.61. The molecular weight excluding hydrogens is 284 g/mol. The smallest absolute Gasteiger partial charge is 0.0174 e. The lowest BCUT2D eigenvalue weighted by Gasteiger charge is -2.20. The van der Waals surface area contributed by atoms with Crippen LogP contribution in [0.25, 0.3) is 0 Å². The second kappa shape index (κ2) is 5.36. The molecular formula is C17H25Br. The van der Waals surface area contributed by atoms with E-state index < -0.39 is 0 Å². The predicted octanol–water partition coefficient (Wildman–Crippen LogP) is 5.34. The van der Waals surface area contributed by atoms with Crippen molar-refractivity contribution in [3.8, 4) is 0 Å². The van der Waals surface area contributed by atoms with Crippen LogP contribution in [0.4, 0.5) is 0 Å². The molecule has 0 N–H and O–H groups in total. The number of rotatable bonds is 2. The van der Waals surface area contributed by atoms with Crippen molar-refractivity contribution in [2.24, 2.45) is 11.8 Å². The van der Waals surface area contributed by atoms with Crippen LogP contribution in [0.5, 0.6) is 0 Å². The van der Waals surface area contributed by atoms with E-state index in [-0.39, 0.29) is 5.41 Å². The number of benzene rings is 1. The van der Waals surface area contributed by atoms with Gasteiger partial charge < -0.3 is 0 Å². The molecule has 3 unspecified atom stereocenters. The van der Waals surface area contributed by atoms with E-state index >= 15 is 0 Å². The van der Waals surface area contributed by atoms with E-state index in [0.717, 1.165) is 16.7 Å². The molecule has 1 saturated carbocycles. The molecule has 1 aromatic rings. The van der Waals surface area contributed by atoms with Crippen molar-refractivity contribution in [2.75, 3.05) is 0 Å². The Kier molecular flexibility index (Phi) is 4.21. The van der Waals surface area contributed by atoms with Crippen molar-refractivity contribution in [1.82, 2.24) is 0 Å². The zero-order chi connectivity index (χ0) is 13.3. The second-order valence-electron chi connectivity index (χ2n) is 6.86. The molecule has 0 spiro atoms. The Hall–Kier alpha value is -0.300. The van der Waals surface area contributed by atoms with Crippen molar-refractivity contribution < 1.29 is 0 Å². The fourth-order valence-corrected chi connectivity index (χ4v) is 3.62. The number of hydrogen-bond acceptors (Lipinski definition) is 0. The third kappa shape index (κ3) is 3.17. The lowest BCUT2D eigenvalue weighted by molar-refractivity contribution is 0.423. The van der Waals surface area contributed by atoms with Crippen LogP contribution < -0.4 is 0 Å². The van der Waals surface area contributed by atoms with Crippen molar-refractivity contribution in [1.29, 1.82) is 0 Å². The van der Waals surface area contributed by atoms with Crippen LogP contribution in [0.1, 0.15) is 51.7 Å². The monoisotopic (exact) mass is 308 g/mol. The quantitative estimate of drug-likeness (QED) is 0.647. The molecule has 2 rings (SSSR count). The highest BCUT2D eigenvalue weighted by Crippen LogP contribution is 2.38. The van der Waals surface area contributed by atoms with Crippen LogP contribution in [0, 0.1) is 11.8 Å². The van der Waals surface area contributed by atoms with Gasteiger partial charge in [-0.05, 0) is 47.6 Å². The highest BCUT2D eigenvalue weighted by molar-refractivity contribution is 9.09. The highest BCUT2D eigenvalue weighted by Gasteiger charge is 2.30. The van der Waals surface area contributed by atoms with Crippen molar-refractivity contribution in [3.63, 3.8) is 0 Å². The molecule has 1 aliphatic rings. The summed E-state index contributed by atoms with van der Waals surface area (Å²) in [6, 6.07) is 9.27. The van der Waals surface area contributed by atoms with E-state index in [1.165, 1.54) is 30.4 Å². The second-order valence-corrected chi connectivity index (χ2v) is 8.04. The summed E-state index contributed by atoms with van der Waals surface area (Å²) in [6.45, 7) is 9.21. The Labute approximate surface area is 120 Å². The van der Waals surface area contributed by atoms with E-state index in [0.29, 0.717) is 0 Å². The molecule has 1 aliphatic carbocycles. The van der Waals surface area contributed by atoms with Crippen LogP contribution in [0.2, 0.25) is 0 Å². The SMILES string of the molecule is CC1C(Br)CCC1Cc1ccc(C(C)(C)C)cc1. The molecule has 0 bridgehead atoms. The van der Waals surface area contributed by atoms with Gasteiger partial charge >= 0.3 is 0 Å². The maximum absolute atomic E-state index is 3.80. The number of hydrogen-bond donors (Lipinski definition) is 0. The standard InChI is InChI=1S/C17H25Br/c1-12-14(7-10-16(12)18)11-13-5-8-15(9-6-13)17(2,3)4/h5-6,8-9,12,14,16H,7,10-11H2,1-4H3. The number of alkyl halides is 1. The maximum atomic E-state index is 3.80. The van der Waals surface area contributed by atoms with Crippen molar-refractivity contribution in [3.05, 3.63) is 35.4 Å². The minimum atomic E-state index is 0.264. The maximum Gasteiger partial charge on any atom is 0.0174 e. The first-order chi connectivity index (χ1) is 8.38. The number of halogens is 1. The molecule has 0 amide bonds. The molecule has 1 heteroatoms. The topological polar surface area (TPSA) is 0 Å². The van der Waals surface area contributed by atoms with Gasteiger partial charge in [0.1, 0.15) is 0 Å². The van der Waals surface area contributed by atoms with Gasteiger partial charge in [-0.3, -0.25) is 0 Å². The predicted molar refractivity (Wildman–Crippen MR) is 83.4 cm³/mol. The van der Waals surface area contributed by atoms with E-state index in [2.05, 4.69) is 67.9 Å². The first kappa shape index (κ1) is 14.1. The average molecular weight is 309 g/mol. The Balaban J connectivity index is 2.03. The minimum Gasteiger partial charge on any atom is -0.0888 e. The lowest BCUT2D eigenvalue weighted by Crippen LogP contribution is -2.14. The minimum absolute atomic E-state index is 0.264. The van der Waals surface area contributed by atoms with Gasteiger partial charge in [0.2, 0.25) is 0 Å². The third-order valence-corrected chi connectivity index (χ3v) is 5.74. The zero-order valence-electron chi connectivity index (χ0n) is 12.0. The lowest BCUT2D eigenvalue weighted by atomic mass is 9.85. The first-order valence-electron chi connectivity index (χ1n) is 7.11. The summed E-state index contributed by atoms with van der Waals surface area (Å²) in [7, 11) is 0. The fraction of sp³-hybridized carbons (Fsp3) is 0.647. The molecule has 18 heavy (non-hydrogen) atoms. The van der Waals surface area contributed by atoms with Gasteiger partial charge in [-0.1, -0.05) is 67.9 Å². The van der Waals surface area contributed by atoms with Crippen LogP contribution in [0.3, 0.4) is 0 Å². The molecule has 1 fully saturated rings. The molecule has 0 aliphatic heterocycles. The van der Waals surface area contributed by atoms with Gasteiger partial charge in [0.05, 0.1) is 0 Å². The molecule has 3 atom stereocenters. The van der Waals surface area contributed by atoms with E-state index in [1.807, 2.05) is 0 Å². The fourth-order valence-electron chi connectivity index (χ4n) is 2.93. The zero-order valence-corrected chi connectivity index (χ0v) is 13.6. The largest absolute Gasteiger partial charge is 0.0888 e. The summed E-state index contributed by atoms with van der Waals surface area (Å²) in [5.41, 5.74) is 3.20. The molecule has 0 nitrogen and oxygen atoms in total. The molecule has 0 heterocycles. The van der Waals surface area contributed by atoms with Crippen LogP contribution in [-0.4, -0.2) is 4.83 Å². The third-order valence-electron chi connectivity index (χ3n) is 4.45. The summed E-state index contributed by atoms with van der Waals surface area (Å²) in [6.07, 6.45) is 3.96. The Morgan fingerprint density at radius 1 is 1.11 bits per heavy atom. The van der Waals surface area contributed by atoms with Crippen LogP contribution in [0.15, 0.2) is 24.3 Å². The van der Waals surface area contributed by atoms with Gasteiger partial charge in [0.15, 0.2) is 0 Å². The molecule has 0 aromatic heterocycles. The first-order valence-corrected chi connectivity index (χ1v) is 8.03. The van der Waals surface area contributed by atoms with Gasteiger partial charge in [0, 0.05) is 4.83 Å². The van der Waals surface area contributed by atoms with Crippen LogP contribution in [-0.2, 0) is 11.8 Å². The van der Waals surface area contributed by atoms with Crippen molar-refractivity contribution >= 4 is 15.9 Å². The summed E-state index contributed by atoms with van der Waals surface area (Å²) < 4.78 is 0. The Morgan fingerprint density at radius 3 is 2.17 bits per heavy atom. The normalized spacial score (nSPS) is 28.6. The van der Waals surface area contributed by atoms with Gasteiger partial charge in [-0.2, -0.15) is 0 Å². The summed E-state index contributed by atoms with van der Waals surface area (Å²) in [5, 5.41) is 0.